The number of carbonyl (C=O) groups is 2. The molecule has 6 heteroatoms. The molecule has 0 aromatic rings. The molecule has 0 heterocycles. The van der Waals surface area contributed by atoms with Gasteiger partial charge in [-0.25, -0.2) is 0 Å². The van der Waals surface area contributed by atoms with Crippen molar-refractivity contribution in [1.29, 1.82) is 0 Å². The number of aliphatic hydroxyl groups is 2. The highest BCUT2D eigenvalue weighted by molar-refractivity contribution is 5.76. The van der Waals surface area contributed by atoms with Crippen LogP contribution in [0.2, 0.25) is 0 Å². The molecule has 202 valence electrons. The van der Waals surface area contributed by atoms with E-state index >= 15 is 0 Å². The lowest BCUT2D eigenvalue weighted by atomic mass is 9.46. The van der Waals surface area contributed by atoms with Gasteiger partial charge in [-0.1, -0.05) is 13.8 Å². The van der Waals surface area contributed by atoms with E-state index in [0.29, 0.717) is 43.4 Å². The van der Waals surface area contributed by atoms with Crippen LogP contribution >= 0.6 is 0 Å². The first-order valence-electron chi connectivity index (χ1n) is 14.8. The van der Waals surface area contributed by atoms with Crippen molar-refractivity contribution >= 4 is 11.9 Å². The van der Waals surface area contributed by atoms with Crippen molar-refractivity contribution in [2.75, 3.05) is 0 Å². The summed E-state index contributed by atoms with van der Waals surface area (Å²) in [5, 5.41) is 22.5. The Labute approximate surface area is 215 Å². The third-order valence-electron chi connectivity index (χ3n) is 12.1. The second-order valence-corrected chi connectivity index (χ2v) is 14.5. The molecule has 0 radical (unpaired) electrons. The summed E-state index contributed by atoms with van der Waals surface area (Å²) in [6.45, 7) is 7.86. The average Bonchev–Trinajstić information content (AvgIpc) is 2.77. The van der Waals surface area contributed by atoms with Crippen LogP contribution in [0, 0.1) is 47.3 Å². The lowest BCUT2D eigenvalue weighted by molar-refractivity contribution is -0.301. The molecule has 7 atom stereocenters. The van der Waals surface area contributed by atoms with Crippen molar-refractivity contribution in [1.82, 2.24) is 0 Å². The van der Waals surface area contributed by atoms with Gasteiger partial charge in [-0.05, 0) is 114 Å². The normalized spacial score (nSPS) is 51.7. The summed E-state index contributed by atoms with van der Waals surface area (Å²) in [7, 11) is 0. The van der Waals surface area contributed by atoms with Crippen LogP contribution in [-0.2, 0) is 19.1 Å². The molecule has 0 aromatic carbocycles. The fraction of sp³-hybridized carbons (Fsp3) is 0.933. The fourth-order valence-corrected chi connectivity index (χ4v) is 10.2. The highest BCUT2D eigenvalue weighted by Crippen LogP contribution is 2.63. The monoisotopic (exact) mass is 502 g/mol. The Bertz CT molecular complexity index is 902. The van der Waals surface area contributed by atoms with Gasteiger partial charge in [-0.15, -0.1) is 0 Å². The summed E-state index contributed by atoms with van der Waals surface area (Å²) in [6, 6.07) is 0. The van der Waals surface area contributed by atoms with E-state index in [-0.39, 0.29) is 35.8 Å². The van der Waals surface area contributed by atoms with Gasteiger partial charge >= 0.3 is 11.9 Å². The van der Waals surface area contributed by atoms with Crippen LogP contribution in [0.4, 0.5) is 0 Å². The Kier molecular flexibility index (Phi) is 5.71. The van der Waals surface area contributed by atoms with Crippen LogP contribution in [0.15, 0.2) is 0 Å². The van der Waals surface area contributed by atoms with E-state index in [9.17, 15) is 19.8 Å². The number of rotatable bonds is 7. The van der Waals surface area contributed by atoms with Crippen LogP contribution in [0.1, 0.15) is 105 Å². The molecular weight excluding hydrogens is 456 g/mol. The lowest BCUT2D eigenvalue weighted by Gasteiger charge is -2.65. The Morgan fingerprint density at radius 3 is 2.00 bits per heavy atom. The zero-order valence-electron chi connectivity index (χ0n) is 22.6. The Balaban J connectivity index is 1.10. The van der Waals surface area contributed by atoms with Gasteiger partial charge in [0.25, 0.3) is 0 Å². The molecule has 0 amide bonds. The van der Waals surface area contributed by atoms with Crippen LogP contribution in [-0.4, -0.2) is 44.6 Å². The SMILES string of the molecule is CCC(CC(C)C(=O)OC1(C)C2CC3CC(O)(C2)CC1(O)C3)C(=O)OC1(C)C2CC3CC(C2)CC1C3. The number of hydrogen-bond acceptors (Lipinski definition) is 6. The maximum absolute atomic E-state index is 13.4. The quantitative estimate of drug-likeness (QED) is 0.487. The summed E-state index contributed by atoms with van der Waals surface area (Å²) in [5.41, 5.74) is -3.36. The summed E-state index contributed by atoms with van der Waals surface area (Å²) in [4.78, 5) is 26.8. The average molecular weight is 503 g/mol. The highest BCUT2D eigenvalue weighted by Gasteiger charge is 2.69. The van der Waals surface area contributed by atoms with Gasteiger partial charge in [0.15, 0.2) is 0 Å². The maximum Gasteiger partial charge on any atom is 0.309 e. The smallest absolute Gasteiger partial charge is 0.309 e. The first-order chi connectivity index (χ1) is 16.9. The minimum atomic E-state index is -1.18. The van der Waals surface area contributed by atoms with Gasteiger partial charge in [-0.3, -0.25) is 9.59 Å². The summed E-state index contributed by atoms with van der Waals surface area (Å²) < 4.78 is 12.5. The van der Waals surface area contributed by atoms with Gasteiger partial charge in [0.1, 0.15) is 16.8 Å². The topological polar surface area (TPSA) is 93.1 Å². The molecule has 7 unspecified atom stereocenters. The van der Waals surface area contributed by atoms with Crippen molar-refractivity contribution in [3.8, 4) is 0 Å². The van der Waals surface area contributed by atoms with E-state index in [1.165, 1.54) is 32.1 Å². The molecule has 36 heavy (non-hydrogen) atoms. The summed E-state index contributed by atoms with van der Waals surface area (Å²) in [6.07, 6.45) is 10.2. The van der Waals surface area contributed by atoms with Crippen molar-refractivity contribution in [2.45, 2.75) is 127 Å². The molecule has 8 aliphatic rings. The minimum Gasteiger partial charge on any atom is -0.459 e. The predicted molar refractivity (Wildman–Crippen MR) is 134 cm³/mol. The molecule has 8 fully saturated rings. The van der Waals surface area contributed by atoms with Crippen LogP contribution in [0.25, 0.3) is 0 Å². The van der Waals surface area contributed by atoms with Crippen molar-refractivity contribution in [2.24, 2.45) is 47.3 Å². The number of hydrogen-bond donors (Lipinski definition) is 2. The Morgan fingerprint density at radius 2 is 1.44 bits per heavy atom. The van der Waals surface area contributed by atoms with Crippen molar-refractivity contribution < 1.29 is 29.3 Å². The first-order valence-corrected chi connectivity index (χ1v) is 14.8. The molecule has 2 N–H and O–H groups in total. The van der Waals surface area contributed by atoms with Gasteiger partial charge in [0, 0.05) is 12.3 Å². The standard InChI is InChI=1S/C30H46O6/c1-5-21(26(32)35-27(3)22-8-18-7-19(10-22)11-23(27)9-18)6-17(2)25(31)36-28(4)24-12-20-13-29(33,15-24)16-30(28,34)14-20/h17-24,33-34H,5-16H2,1-4H3. The first kappa shape index (κ1) is 25.2. The third kappa shape index (κ3) is 3.71. The van der Waals surface area contributed by atoms with Crippen molar-refractivity contribution in [3.05, 3.63) is 0 Å². The molecule has 8 saturated carbocycles. The summed E-state index contributed by atoms with van der Waals surface area (Å²) in [5.74, 6) is 1.54. The largest absolute Gasteiger partial charge is 0.459 e. The van der Waals surface area contributed by atoms with E-state index in [1.807, 2.05) is 20.8 Å². The fourth-order valence-electron chi connectivity index (χ4n) is 10.2. The molecule has 8 aliphatic carbocycles. The molecule has 0 spiro atoms. The number of ether oxygens (including phenoxy) is 2. The second-order valence-electron chi connectivity index (χ2n) is 14.5. The van der Waals surface area contributed by atoms with Crippen molar-refractivity contribution in [3.63, 3.8) is 0 Å². The zero-order chi connectivity index (χ0) is 25.7. The molecule has 8 rings (SSSR count). The van der Waals surface area contributed by atoms with E-state index in [2.05, 4.69) is 6.92 Å². The van der Waals surface area contributed by atoms with E-state index in [1.54, 1.807) is 0 Å². The molecule has 0 saturated heterocycles. The minimum absolute atomic E-state index is 0.0336. The maximum atomic E-state index is 13.4. The highest BCUT2D eigenvalue weighted by atomic mass is 16.6. The van der Waals surface area contributed by atoms with E-state index < -0.39 is 22.7 Å². The lowest BCUT2D eigenvalue weighted by Crippen LogP contribution is -2.73. The molecule has 8 bridgehead atoms. The van der Waals surface area contributed by atoms with E-state index in [4.69, 9.17) is 9.47 Å². The number of esters is 2. The zero-order valence-corrected chi connectivity index (χ0v) is 22.6. The molecule has 0 aliphatic heterocycles. The van der Waals surface area contributed by atoms with Gasteiger partial charge in [0.2, 0.25) is 0 Å². The predicted octanol–water partition coefficient (Wildman–Crippen LogP) is 4.78. The molecule has 0 aromatic heterocycles. The Morgan fingerprint density at radius 1 is 0.833 bits per heavy atom. The van der Waals surface area contributed by atoms with Crippen LogP contribution < -0.4 is 0 Å². The summed E-state index contributed by atoms with van der Waals surface area (Å²) >= 11 is 0. The van der Waals surface area contributed by atoms with Gasteiger partial charge in [0.05, 0.1) is 17.4 Å². The van der Waals surface area contributed by atoms with Gasteiger partial charge in [-0.2, -0.15) is 0 Å². The molecule has 6 nitrogen and oxygen atoms in total. The molecular formula is C30H46O6. The number of carbonyl (C=O) groups excluding carboxylic acids is 2. The van der Waals surface area contributed by atoms with E-state index in [0.717, 1.165) is 24.7 Å². The Hall–Kier alpha value is -1.14. The van der Waals surface area contributed by atoms with Crippen LogP contribution in [0.5, 0.6) is 0 Å². The second kappa shape index (κ2) is 8.18. The third-order valence-corrected chi connectivity index (χ3v) is 12.1. The van der Waals surface area contributed by atoms with Gasteiger partial charge < -0.3 is 19.7 Å². The van der Waals surface area contributed by atoms with Crippen LogP contribution in [0.3, 0.4) is 0 Å².